The van der Waals surface area contributed by atoms with Crippen LogP contribution in [0.3, 0.4) is 0 Å². The predicted octanol–water partition coefficient (Wildman–Crippen LogP) is 2.50. The first-order valence-corrected chi connectivity index (χ1v) is 7.17. The van der Waals surface area contributed by atoms with E-state index >= 15 is 0 Å². The molecule has 0 saturated carbocycles. The highest BCUT2D eigenvalue weighted by Gasteiger charge is 2.32. The Bertz CT molecular complexity index is 201. The quantitative estimate of drug-likeness (QED) is 0.792. The second-order valence-electron chi connectivity index (χ2n) is 6.09. The summed E-state index contributed by atoms with van der Waals surface area (Å²) >= 11 is 0. The molecular weight excluding hydrogens is 196 g/mol. The molecule has 2 aliphatic rings. The first kappa shape index (κ1) is 12.4. The highest BCUT2D eigenvalue weighted by molar-refractivity contribution is 4.88. The second-order valence-corrected chi connectivity index (χ2v) is 6.09. The van der Waals surface area contributed by atoms with E-state index in [9.17, 15) is 0 Å². The fraction of sp³-hybridized carbons (Fsp3) is 1.00. The van der Waals surface area contributed by atoms with Crippen LogP contribution in [0, 0.1) is 11.3 Å². The van der Waals surface area contributed by atoms with Crippen LogP contribution in [-0.4, -0.2) is 37.6 Å². The Morgan fingerprint density at radius 2 is 2.06 bits per heavy atom. The Morgan fingerprint density at radius 3 is 2.62 bits per heavy atom. The van der Waals surface area contributed by atoms with Gasteiger partial charge in [-0.2, -0.15) is 0 Å². The van der Waals surface area contributed by atoms with Gasteiger partial charge in [-0.25, -0.2) is 0 Å². The molecule has 16 heavy (non-hydrogen) atoms. The van der Waals surface area contributed by atoms with Gasteiger partial charge < -0.3 is 10.2 Å². The van der Waals surface area contributed by atoms with E-state index in [1.54, 1.807) is 0 Å². The molecule has 2 heterocycles. The highest BCUT2D eigenvalue weighted by atomic mass is 15.1. The standard InChI is InChI=1S/C14H28N2/c1-3-14(7-4-8-15-11-14)12-16-9-5-13(2)6-10-16/h13,15H,3-12H2,1-2H3. The lowest BCUT2D eigenvalue weighted by atomic mass is 9.77. The molecule has 94 valence electrons. The Morgan fingerprint density at radius 1 is 1.31 bits per heavy atom. The first-order chi connectivity index (χ1) is 7.74. The average molecular weight is 224 g/mol. The zero-order chi connectivity index (χ0) is 11.4. The number of hydrogen-bond donors (Lipinski definition) is 1. The summed E-state index contributed by atoms with van der Waals surface area (Å²) in [5.41, 5.74) is 0.582. The summed E-state index contributed by atoms with van der Waals surface area (Å²) in [6, 6.07) is 0. The smallest absolute Gasteiger partial charge is 0.00500 e. The fourth-order valence-corrected chi connectivity index (χ4v) is 3.27. The molecule has 0 bridgehead atoms. The summed E-state index contributed by atoms with van der Waals surface area (Å²) in [5.74, 6) is 0.957. The molecule has 0 spiro atoms. The van der Waals surface area contributed by atoms with Gasteiger partial charge in [-0.1, -0.05) is 13.8 Å². The van der Waals surface area contributed by atoms with Gasteiger partial charge in [-0.3, -0.25) is 0 Å². The second kappa shape index (κ2) is 5.50. The molecule has 2 fully saturated rings. The van der Waals surface area contributed by atoms with Gasteiger partial charge in [0.05, 0.1) is 0 Å². The van der Waals surface area contributed by atoms with E-state index in [1.165, 1.54) is 64.8 Å². The van der Waals surface area contributed by atoms with Gasteiger partial charge in [-0.15, -0.1) is 0 Å². The summed E-state index contributed by atoms with van der Waals surface area (Å²) in [6.07, 6.45) is 6.97. The molecule has 0 amide bonds. The molecule has 2 heteroatoms. The molecule has 2 nitrogen and oxygen atoms in total. The van der Waals surface area contributed by atoms with E-state index in [4.69, 9.17) is 0 Å². The number of likely N-dealkylation sites (tertiary alicyclic amines) is 1. The Kier molecular flexibility index (Phi) is 4.26. The predicted molar refractivity (Wildman–Crippen MR) is 69.7 cm³/mol. The maximum Gasteiger partial charge on any atom is 0.00500 e. The molecule has 0 aromatic heterocycles. The summed E-state index contributed by atoms with van der Waals surface area (Å²) in [7, 11) is 0. The van der Waals surface area contributed by atoms with Crippen molar-refractivity contribution in [2.45, 2.75) is 46.0 Å². The van der Waals surface area contributed by atoms with Crippen LogP contribution in [0.15, 0.2) is 0 Å². The molecule has 0 aromatic rings. The van der Waals surface area contributed by atoms with Crippen LogP contribution in [-0.2, 0) is 0 Å². The fourth-order valence-electron chi connectivity index (χ4n) is 3.27. The number of nitrogens with one attached hydrogen (secondary N) is 1. The van der Waals surface area contributed by atoms with Gasteiger partial charge in [0.15, 0.2) is 0 Å². The third kappa shape index (κ3) is 2.98. The molecule has 1 unspecified atom stereocenters. The third-order valence-electron chi connectivity index (χ3n) is 4.75. The van der Waals surface area contributed by atoms with Crippen LogP contribution < -0.4 is 5.32 Å². The van der Waals surface area contributed by atoms with E-state index in [0.29, 0.717) is 5.41 Å². The lowest BCUT2D eigenvalue weighted by Gasteiger charge is -2.42. The third-order valence-corrected chi connectivity index (χ3v) is 4.75. The minimum Gasteiger partial charge on any atom is -0.316 e. The van der Waals surface area contributed by atoms with E-state index in [0.717, 1.165) is 5.92 Å². The van der Waals surface area contributed by atoms with Gasteiger partial charge >= 0.3 is 0 Å². The summed E-state index contributed by atoms with van der Waals surface area (Å²) in [6.45, 7) is 11.3. The van der Waals surface area contributed by atoms with E-state index in [2.05, 4.69) is 24.1 Å². The van der Waals surface area contributed by atoms with Crippen molar-refractivity contribution in [3.8, 4) is 0 Å². The van der Waals surface area contributed by atoms with Crippen LogP contribution in [0.1, 0.15) is 46.0 Å². The Balaban J connectivity index is 1.86. The zero-order valence-corrected chi connectivity index (χ0v) is 11.1. The van der Waals surface area contributed by atoms with Crippen molar-refractivity contribution < 1.29 is 0 Å². The summed E-state index contributed by atoms with van der Waals surface area (Å²) in [5, 5.41) is 3.60. The van der Waals surface area contributed by atoms with Gasteiger partial charge in [0, 0.05) is 13.1 Å². The molecule has 2 saturated heterocycles. The van der Waals surface area contributed by atoms with E-state index < -0.39 is 0 Å². The van der Waals surface area contributed by atoms with Crippen molar-refractivity contribution in [2.24, 2.45) is 11.3 Å². The monoisotopic (exact) mass is 224 g/mol. The molecule has 1 N–H and O–H groups in total. The largest absolute Gasteiger partial charge is 0.316 e. The molecule has 1 atom stereocenters. The van der Waals surface area contributed by atoms with Crippen molar-refractivity contribution >= 4 is 0 Å². The molecular formula is C14H28N2. The number of nitrogens with zero attached hydrogens (tertiary/aromatic N) is 1. The topological polar surface area (TPSA) is 15.3 Å². The van der Waals surface area contributed by atoms with Crippen molar-refractivity contribution in [1.29, 1.82) is 0 Å². The molecule has 0 radical (unpaired) electrons. The average Bonchev–Trinajstić information content (AvgIpc) is 2.33. The Hall–Kier alpha value is -0.0800. The lowest BCUT2D eigenvalue weighted by Crippen LogP contribution is -2.48. The first-order valence-electron chi connectivity index (χ1n) is 7.17. The van der Waals surface area contributed by atoms with Gasteiger partial charge in [-0.05, 0) is 63.1 Å². The van der Waals surface area contributed by atoms with Crippen molar-refractivity contribution in [2.75, 3.05) is 32.7 Å². The number of piperidine rings is 2. The molecule has 0 aromatic carbocycles. The van der Waals surface area contributed by atoms with Crippen LogP contribution in [0.5, 0.6) is 0 Å². The van der Waals surface area contributed by atoms with Gasteiger partial charge in [0.1, 0.15) is 0 Å². The maximum absolute atomic E-state index is 3.60. The van der Waals surface area contributed by atoms with Crippen LogP contribution in [0.2, 0.25) is 0 Å². The van der Waals surface area contributed by atoms with E-state index in [-0.39, 0.29) is 0 Å². The number of hydrogen-bond acceptors (Lipinski definition) is 2. The minimum atomic E-state index is 0.582. The van der Waals surface area contributed by atoms with Gasteiger partial charge in [0.2, 0.25) is 0 Å². The van der Waals surface area contributed by atoms with Crippen molar-refractivity contribution in [3.63, 3.8) is 0 Å². The van der Waals surface area contributed by atoms with Crippen LogP contribution in [0.25, 0.3) is 0 Å². The molecule has 2 aliphatic heterocycles. The number of rotatable bonds is 3. The molecule has 2 rings (SSSR count). The SMILES string of the molecule is CCC1(CN2CCC(C)CC2)CCCNC1. The summed E-state index contributed by atoms with van der Waals surface area (Å²) < 4.78 is 0. The molecule has 0 aliphatic carbocycles. The zero-order valence-electron chi connectivity index (χ0n) is 11.1. The van der Waals surface area contributed by atoms with Crippen LogP contribution >= 0.6 is 0 Å². The summed E-state index contributed by atoms with van der Waals surface area (Å²) in [4.78, 5) is 2.72. The van der Waals surface area contributed by atoms with E-state index in [1.807, 2.05) is 0 Å². The minimum absolute atomic E-state index is 0.582. The maximum atomic E-state index is 3.60. The Labute approximate surface area is 101 Å². The van der Waals surface area contributed by atoms with Gasteiger partial charge in [0.25, 0.3) is 0 Å². The van der Waals surface area contributed by atoms with Crippen LogP contribution in [0.4, 0.5) is 0 Å². The van der Waals surface area contributed by atoms with Crippen molar-refractivity contribution in [1.82, 2.24) is 10.2 Å². The van der Waals surface area contributed by atoms with Crippen molar-refractivity contribution in [3.05, 3.63) is 0 Å². The highest BCUT2D eigenvalue weighted by Crippen LogP contribution is 2.32. The normalized spacial score (nSPS) is 34.1. The lowest BCUT2D eigenvalue weighted by molar-refractivity contribution is 0.0872.